The standard InChI is InChI=1S/C21H24Cl2N2O3/c1-4-19(21(27)24-3)25(12-15-7-5-6-8-18(15)23)20(26)13-28-16-9-10-17(22)14(2)11-16/h5-11,19H,4,12-13H2,1-3H3,(H,24,27). The molecule has 0 radical (unpaired) electrons. The fourth-order valence-electron chi connectivity index (χ4n) is 2.83. The monoisotopic (exact) mass is 422 g/mol. The first-order valence-electron chi connectivity index (χ1n) is 9.00. The number of carbonyl (C=O) groups is 2. The Morgan fingerprint density at radius 2 is 1.86 bits per heavy atom. The van der Waals surface area contributed by atoms with Gasteiger partial charge >= 0.3 is 0 Å². The van der Waals surface area contributed by atoms with Crippen molar-refractivity contribution in [3.05, 3.63) is 63.6 Å². The molecule has 0 heterocycles. The number of amides is 2. The quantitative estimate of drug-likeness (QED) is 0.691. The highest BCUT2D eigenvalue weighted by molar-refractivity contribution is 6.31. The van der Waals surface area contributed by atoms with Gasteiger partial charge in [0.1, 0.15) is 11.8 Å². The van der Waals surface area contributed by atoms with Crippen LogP contribution >= 0.6 is 23.2 Å². The van der Waals surface area contributed by atoms with Crippen LogP contribution in [0.25, 0.3) is 0 Å². The number of halogens is 2. The highest BCUT2D eigenvalue weighted by Gasteiger charge is 2.28. The van der Waals surface area contributed by atoms with Gasteiger partial charge in [0.05, 0.1) is 0 Å². The highest BCUT2D eigenvalue weighted by atomic mass is 35.5. The zero-order valence-corrected chi connectivity index (χ0v) is 17.7. The van der Waals surface area contributed by atoms with Crippen molar-refractivity contribution in [2.75, 3.05) is 13.7 Å². The molecule has 0 aromatic heterocycles. The number of nitrogens with one attached hydrogen (secondary N) is 1. The third-order valence-corrected chi connectivity index (χ3v) is 5.22. The molecule has 0 fully saturated rings. The van der Waals surface area contributed by atoms with Crippen molar-refractivity contribution >= 4 is 35.0 Å². The van der Waals surface area contributed by atoms with Gasteiger partial charge in [-0.05, 0) is 48.7 Å². The summed E-state index contributed by atoms with van der Waals surface area (Å²) in [6, 6.07) is 11.8. The summed E-state index contributed by atoms with van der Waals surface area (Å²) in [5, 5.41) is 3.79. The molecule has 1 atom stereocenters. The molecule has 0 spiro atoms. The second-order valence-corrected chi connectivity index (χ2v) is 7.17. The Bertz CT molecular complexity index is 842. The molecule has 1 unspecified atom stereocenters. The average Bonchev–Trinajstić information content (AvgIpc) is 2.69. The van der Waals surface area contributed by atoms with Gasteiger partial charge in [0.25, 0.3) is 5.91 Å². The van der Waals surface area contributed by atoms with Crippen LogP contribution < -0.4 is 10.1 Å². The normalized spacial score (nSPS) is 11.6. The molecule has 0 bridgehead atoms. The number of rotatable bonds is 8. The van der Waals surface area contributed by atoms with Gasteiger partial charge in [0.15, 0.2) is 6.61 Å². The van der Waals surface area contributed by atoms with Crippen molar-refractivity contribution < 1.29 is 14.3 Å². The molecule has 0 aliphatic carbocycles. The second kappa shape index (κ2) is 10.3. The number of likely N-dealkylation sites (N-methyl/N-ethyl adjacent to an activating group) is 1. The lowest BCUT2D eigenvalue weighted by Crippen LogP contribution is -2.49. The van der Waals surface area contributed by atoms with E-state index in [1.54, 1.807) is 31.3 Å². The summed E-state index contributed by atoms with van der Waals surface area (Å²) < 4.78 is 5.65. The minimum atomic E-state index is -0.621. The molecule has 0 saturated heterocycles. The first kappa shape index (κ1) is 22.1. The Hall–Kier alpha value is -2.24. The largest absolute Gasteiger partial charge is 0.484 e. The third-order valence-electron chi connectivity index (χ3n) is 4.42. The minimum absolute atomic E-state index is 0.195. The fraction of sp³-hybridized carbons (Fsp3) is 0.333. The molecule has 0 aliphatic rings. The van der Waals surface area contributed by atoms with E-state index in [0.29, 0.717) is 22.2 Å². The molecule has 5 nitrogen and oxygen atoms in total. The molecule has 0 saturated carbocycles. The number of hydrogen-bond donors (Lipinski definition) is 1. The Kier molecular flexibility index (Phi) is 8.15. The van der Waals surface area contributed by atoms with Crippen LogP contribution in [0.3, 0.4) is 0 Å². The van der Waals surface area contributed by atoms with E-state index >= 15 is 0 Å². The van der Waals surface area contributed by atoms with Crippen LogP contribution in [0.1, 0.15) is 24.5 Å². The fourth-order valence-corrected chi connectivity index (χ4v) is 3.14. The van der Waals surface area contributed by atoms with Crippen molar-refractivity contribution in [2.45, 2.75) is 32.9 Å². The number of benzene rings is 2. The summed E-state index contributed by atoms with van der Waals surface area (Å²) in [5.74, 6) is 0.00847. The van der Waals surface area contributed by atoms with Gasteiger partial charge in [-0.3, -0.25) is 9.59 Å². The lowest BCUT2D eigenvalue weighted by Gasteiger charge is -2.30. The van der Waals surface area contributed by atoms with Gasteiger partial charge in [0.2, 0.25) is 5.91 Å². The molecule has 2 aromatic carbocycles. The first-order valence-corrected chi connectivity index (χ1v) is 9.76. The average molecular weight is 423 g/mol. The summed E-state index contributed by atoms with van der Waals surface area (Å²) >= 11 is 12.3. The number of hydrogen-bond acceptors (Lipinski definition) is 3. The second-order valence-electron chi connectivity index (χ2n) is 6.35. The van der Waals surface area contributed by atoms with Gasteiger partial charge in [-0.25, -0.2) is 0 Å². The predicted molar refractivity (Wildman–Crippen MR) is 112 cm³/mol. The summed E-state index contributed by atoms with van der Waals surface area (Å²) in [4.78, 5) is 26.8. The number of aryl methyl sites for hydroxylation is 1. The van der Waals surface area contributed by atoms with Gasteiger partial charge in [-0.15, -0.1) is 0 Å². The lowest BCUT2D eigenvalue weighted by molar-refractivity contribution is -0.142. The van der Waals surface area contributed by atoms with Crippen molar-refractivity contribution in [3.8, 4) is 5.75 Å². The maximum absolute atomic E-state index is 13.0. The van der Waals surface area contributed by atoms with Crippen molar-refractivity contribution in [3.63, 3.8) is 0 Å². The number of ether oxygens (including phenoxy) is 1. The Balaban J connectivity index is 2.21. The van der Waals surface area contributed by atoms with Gasteiger partial charge < -0.3 is 15.0 Å². The van der Waals surface area contributed by atoms with Crippen LogP contribution in [-0.4, -0.2) is 36.4 Å². The van der Waals surface area contributed by atoms with E-state index in [0.717, 1.165) is 11.1 Å². The molecule has 2 amide bonds. The van der Waals surface area contributed by atoms with Crippen LogP contribution in [0.4, 0.5) is 0 Å². The van der Waals surface area contributed by atoms with Gasteiger partial charge in [0, 0.05) is 23.6 Å². The van der Waals surface area contributed by atoms with Crippen molar-refractivity contribution in [1.82, 2.24) is 10.2 Å². The molecule has 1 N–H and O–H groups in total. The maximum Gasteiger partial charge on any atom is 0.261 e. The molecular formula is C21H24Cl2N2O3. The van der Waals surface area contributed by atoms with Crippen LogP contribution in [0, 0.1) is 6.92 Å². The van der Waals surface area contributed by atoms with Crippen LogP contribution in [-0.2, 0) is 16.1 Å². The van der Waals surface area contributed by atoms with E-state index < -0.39 is 6.04 Å². The number of carbonyl (C=O) groups excluding carboxylic acids is 2. The van der Waals surface area contributed by atoms with Gasteiger partial charge in [-0.1, -0.05) is 48.3 Å². The zero-order chi connectivity index (χ0) is 20.7. The maximum atomic E-state index is 13.0. The smallest absolute Gasteiger partial charge is 0.261 e. The van der Waals surface area contributed by atoms with E-state index in [1.165, 1.54) is 4.90 Å². The Morgan fingerprint density at radius 1 is 1.14 bits per heavy atom. The predicted octanol–water partition coefficient (Wildman–Crippen LogP) is 4.23. The van der Waals surface area contributed by atoms with E-state index in [2.05, 4.69) is 5.32 Å². The highest BCUT2D eigenvalue weighted by Crippen LogP contribution is 2.22. The van der Waals surface area contributed by atoms with Crippen LogP contribution in [0.2, 0.25) is 10.0 Å². The Labute approximate surface area is 175 Å². The van der Waals surface area contributed by atoms with Crippen LogP contribution in [0.5, 0.6) is 5.75 Å². The van der Waals surface area contributed by atoms with Crippen molar-refractivity contribution in [1.29, 1.82) is 0 Å². The first-order chi connectivity index (χ1) is 13.4. The molecule has 7 heteroatoms. The minimum Gasteiger partial charge on any atom is -0.484 e. The van der Waals surface area contributed by atoms with E-state index in [1.807, 2.05) is 32.0 Å². The van der Waals surface area contributed by atoms with E-state index in [4.69, 9.17) is 27.9 Å². The molecule has 2 rings (SSSR count). The molecular weight excluding hydrogens is 399 g/mol. The topological polar surface area (TPSA) is 58.6 Å². The zero-order valence-electron chi connectivity index (χ0n) is 16.2. The lowest BCUT2D eigenvalue weighted by atomic mass is 10.1. The van der Waals surface area contributed by atoms with E-state index in [-0.39, 0.29) is 25.0 Å². The Morgan fingerprint density at radius 3 is 2.46 bits per heavy atom. The molecule has 150 valence electrons. The molecule has 28 heavy (non-hydrogen) atoms. The summed E-state index contributed by atoms with van der Waals surface area (Å²) in [6.45, 7) is 3.74. The molecule has 2 aromatic rings. The summed E-state index contributed by atoms with van der Waals surface area (Å²) in [6.07, 6.45) is 0.468. The van der Waals surface area contributed by atoms with Crippen LogP contribution in [0.15, 0.2) is 42.5 Å². The van der Waals surface area contributed by atoms with Crippen molar-refractivity contribution in [2.24, 2.45) is 0 Å². The number of nitrogens with zero attached hydrogens (tertiary/aromatic N) is 1. The third kappa shape index (κ3) is 5.63. The molecule has 0 aliphatic heterocycles. The SMILES string of the molecule is CCC(C(=O)NC)N(Cc1ccccc1Cl)C(=O)COc1ccc(Cl)c(C)c1. The summed E-state index contributed by atoms with van der Waals surface area (Å²) in [7, 11) is 1.55. The summed E-state index contributed by atoms with van der Waals surface area (Å²) in [5.41, 5.74) is 1.62. The van der Waals surface area contributed by atoms with E-state index in [9.17, 15) is 9.59 Å². The van der Waals surface area contributed by atoms with Gasteiger partial charge in [-0.2, -0.15) is 0 Å².